The van der Waals surface area contributed by atoms with E-state index in [-0.39, 0.29) is 18.0 Å². The summed E-state index contributed by atoms with van der Waals surface area (Å²) in [5, 5.41) is 2.18. The van der Waals surface area contributed by atoms with E-state index in [9.17, 15) is 4.79 Å². The largest absolute Gasteiger partial charge is 0.343 e. The Morgan fingerprint density at radius 3 is 1.74 bits per heavy atom. The second-order valence-electron chi connectivity index (χ2n) is 7.11. The van der Waals surface area contributed by atoms with Crippen molar-refractivity contribution in [2.45, 2.75) is 19.0 Å². The molecule has 2 N–H and O–H groups in total. The fraction of sp³-hybridized carbons (Fsp3) is 0.208. The van der Waals surface area contributed by atoms with Crippen LogP contribution in [0.25, 0.3) is 0 Å². The Hall–Kier alpha value is -2.91. The highest BCUT2D eigenvalue weighted by atomic mass is 16.2. The highest BCUT2D eigenvalue weighted by Gasteiger charge is 2.30. The summed E-state index contributed by atoms with van der Waals surface area (Å²) in [6.07, 6.45) is 0. The molecule has 138 valence electrons. The van der Waals surface area contributed by atoms with Crippen LogP contribution in [-0.2, 0) is 4.79 Å². The van der Waals surface area contributed by atoms with E-state index in [0.717, 1.165) is 5.56 Å². The number of aryl methyl sites for hydroxylation is 1. The van der Waals surface area contributed by atoms with Crippen LogP contribution in [0.1, 0.15) is 34.3 Å². The van der Waals surface area contributed by atoms with Crippen LogP contribution >= 0.6 is 0 Å². The van der Waals surface area contributed by atoms with Crippen molar-refractivity contribution in [3.05, 3.63) is 107 Å². The van der Waals surface area contributed by atoms with Crippen molar-refractivity contribution in [1.29, 1.82) is 0 Å². The Bertz CT molecular complexity index is 858. The normalized spacial score (nSPS) is 13.0. The minimum Gasteiger partial charge on any atom is -0.343 e. The number of benzene rings is 3. The molecule has 1 amide bonds. The summed E-state index contributed by atoms with van der Waals surface area (Å²) in [5.41, 5.74) is 4.63. The molecule has 2 atom stereocenters. The molecule has 0 aliphatic carbocycles. The number of nitrogens with two attached hydrogens (primary N) is 1. The molecule has 0 aliphatic heterocycles. The molecule has 3 heteroatoms. The predicted molar refractivity (Wildman–Crippen MR) is 109 cm³/mol. The minimum atomic E-state index is -0.298. The van der Waals surface area contributed by atoms with Gasteiger partial charge >= 0.3 is 0 Å². The first kappa shape index (κ1) is 18.9. The number of quaternary nitrogens is 1. The second-order valence-corrected chi connectivity index (χ2v) is 7.11. The Morgan fingerprint density at radius 1 is 0.741 bits per heavy atom. The first-order valence-electron chi connectivity index (χ1n) is 9.29. The molecule has 0 aromatic heterocycles. The van der Waals surface area contributed by atoms with Gasteiger partial charge in [-0.1, -0.05) is 90.5 Å². The number of hydrogen-bond donors (Lipinski definition) is 1. The molecule has 0 saturated heterocycles. The van der Waals surface area contributed by atoms with Crippen LogP contribution in [0.15, 0.2) is 84.9 Å². The molecule has 0 unspecified atom stereocenters. The van der Waals surface area contributed by atoms with Gasteiger partial charge < -0.3 is 10.2 Å². The van der Waals surface area contributed by atoms with Crippen molar-refractivity contribution < 1.29 is 10.1 Å². The quantitative estimate of drug-likeness (QED) is 0.719. The van der Waals surface area contributed by atoms with Gasteiger partial charge in [0.25, 0.3) is 5.91 Å². The van der Waals surface area contributed by atoms with Gasteiger partial charge in [0.1, 0.15) is 6.04 Å². The van der Waals surface area contributed by atoms with E-state index >= 15 is 0 Å². The molecule has 27 heavy (non-hydrogen) atoms. The summed E-state index contributed by atoms with van der Waals surface area (Å²) in [7, 11) is 3.63. The van der Waals surface area contributed by atoms with Crippen LogP contribution in [0.4, 0.5) is 0 Å². The zero-order chi connectivity index (χ0) is 19.2. The van der Waals surface area contributed by atoms with Gasteiger partial charge in [0.05, 0.1) is 0 Å². The van der Waals surface area contributed by atoms with E-state index in [2.05, 4.69) is 60.8 Å². The fourth-order valence-corrected chi connectivity index (χ4v) is 3.32. The van der Waals surface area contributed by atoms with Crippen molar-refractivity contribution in [3.8, 4) is 0 Å². The Labute approximate surface area is 161 Å². The molecule has 0 fully saturated rings. The van der Waals surface area contributed by atoms with Gasteiger partial charge in [-0.2, -0.15) is 0 Å². The van der Waals surface area contributed by atoms with Gasteiger partial charge in [-0.25, -0.2) is 0 Å². The molecule has 0 heterocycles. The molecular formula is C24H27N2O+. The van der Waals surface area contributed by atoms with Crippen LogP contribution < -0.4 is 5.32 Å². The van der Waals surface area contributed by atoms with Gasteiger partial charge in [0.2, 0.25) is 0 Å². The monoisotopic (exact) mass is 359 g/mol. The lowest BCUT2D eigenvalue weighted by Gasteiger charge is -2.25. The van der Waals surface area contributed by atoms with E-state index in [1.165, 1.54) is 16.7 Å². The molecule has 3 aromatic carbocycles. The molecule has 3 aromatic rings. The average molecular weight is 359 g/mol. The third-order valence-corrected chi connectivity index (χ3v) is 4.85. The van der Waals surface area contributed by atoms with E-state index in [0.29, 0.717) is 0 Å². The number of likely N-dealkylation sites (N-methyl/N-ethyl adjacent to an activating group) is 1. The third-order valence-electron chi connectivity index (χ3n) is 4.85. The van der Waals surface area contributed by atoms with Crippen LogP contribution in [0, 0.1) is 6.92 Å². The van der Waals surface area contributed by atoms with Crippen molar-refractivity contribution in [2.24, 2.45) is 0 Å². The zero-order valence-corrected chi connectivity index (χ0v) is 16.2. The summed E-state index contributed by atoms with van der Waals surface area (Å²) >= 11 is 0. The lowest BCUT2D eigenvalue weighted by molar-refractivity contribution is -0.714. The van der Waals surface area contributed by atoms with Gasteiger partial charge in [0, 0.05) is 30.8 Å². The maximum absolute atomic E-state index is 13.0. The number of carbonyl (C=O) groups is 1. The van der Waals surface area contributed by atoms with Crippen molar-refractivity contribution in [2.75, 3.05) is 14.1 Å². The summed E-state index contributed by atoms with van der Waals surface area (Å²) in [5.74, 6) is 0.0919. The second kappa shape index (κ2) is 8.65. The molecule has 0 aliphatic rings. The molecule has 0 saturated carbocycles. The number of nitrogens with zero attached hydrogens (tertiary/aromatic N) is 1. The van der Waals surface area contributed by atoms with Crippen molar-refractivity contribution >= 4 is 5.91 Å². The number of hydrogen-bond acceptors (Lipinski definition) is 1. The van der Waals surface area contributed by atoms with E-state index in [4.69, 9.17) is 0 Å². The van der Waals surface area contributed by atoms with Crippen LogP contribution in [-0.4, -0.2) is 24.9 Å². The average Bonchev–Trinajstić information content (AvgIpc) is 2.70. The standard InChI is InChI=1S/C24H26N2O/c1-18-14-16-21(17-15-18)22(19-10-6-4-7-11-19)25-23(24(27)26(2)3)20-12-8-5-9-13-20/h4-17,22-23,25H,1-3H3/p+1/t22-,23+/m1/s1. The van der Waals surface area contributed by atoms with Crippen molar-refractivity contribution in [1.82, 2.24) is 4.90 Å². The van der Waals surface area contributed by atoms with Crippen LogP contribution in [0.5, 0.6) is 0 Å². The first-order chi connectivity index (χ1) is 13.1. The van der Waals surface area contributed by atoms with Gasteiger partial charge in [-0.3, -0.25) is 4.79 Å². The van der Waals surface area contributed by atoms with Gasteiger partial charge in [-0.15, -0.1) is 0 Å². The highest BCUT2D eigenvalue weighted by molar-refractivity contribution is 5.81. The van der Waals surface area contributed by atoms with Crippen LogP contribution in [0.3, 0.4) is 0 Å². The molecule has 0 bridgehead atoms. The maximum atomic E-state index is 13.0. The summed E-state index contributed by atoms with van der Waals surface area (Å²) in [4.78, 5) is 14.7. The molecular weight excluding hydrogens is 332 g/mol. The Kier molecular flexibility index (Phi) is 6.05. The van der Waals surface area contributed by atoms with E-state index in [1.54, 1.807) is 4.90 Å². The number of rotatable bonds is 6. The topological polar surface area (TPSA) is 36.9 Å². The fourth-order valence-electron chi connectivity index (χ4n) is 3.32. The summed E-state index contributed by atoms with van der Waals surface area (Å²) in [6.45, 7) is 2.09. The van der Waals surface area contributed by atoms with E-state index in [1.807, 2.05) is 50.5 Å². The van der Waals surface area contributed by atoms with Gasteiger partial charge in [-0.05, 0) is 6.92 Å². The summed E-state index contributed by atoms with van der Waals surface area (Å²) < 4.78 is 0. The Morgan fingerprint density at radius 2 is 1.22 bits per heavy atom. The lowest BCUT2D eigenvalue weighted by Crippen LogP contribution is -2.88. The molecule has 3 nitrogen and oxygen atoms in total. The molecule has 0 spiro atoms. The molecule has 3 rings (SSSR count). The minimum absolute atomic E-state index is 0.0425. The maximum Gasteiger partial charge on any atom is 0.285 e. The Balaban J connectivity index is 2.02. The first-order valence-corrected chi connectivity index (χ1v) is 9.29. The molecule has 0 radical (unpaired) electrons. The van der Waals surface area contributed by atoms with E-state index < -0.39 is 0 Å². The SMILES string of the molecule is Cc1ccc([C@H]([NH2+][C@H](C(=O)N(C)C)c2ccccc2)c2ccccc2)cc1. The number of carbonyl (C=O) groups excluding carboxylic acids is 1. The smallest absolute Gasteiger partial charge is 0.285 e. The van der Waals surface area contributed by atoms with Crippen LogP contribution in [0.2, 0.25) is 0 Å². The zero-order valence-electron chi connectivity index (χ0n) is 16.2. The van der Waals surface area contributed by atoms with Gasteiger partial charge in [0.15, 0.2) is 6.04 Å². The summed E-state index contributed by atoms with van der Waals surface area (Å²) in [6, 6.07) is 28.7. The number of amides is 1. The third kappa shape index (κ3) is 4.63. The highest BCUT2D eigenvalue weighted by Crippen LogP contribution is 2.21. The van der Waals surface area contributed by atoms with Crippen molar-refractivity contribution in [3.63, 3.8) is 0 Å². The predicted octanol–water partition coefficient (Wildman–Crippen LogP) is 3.48. The lowest BCUT2D eigenvalue weighted by atomic mass is 9.95.